The average molecular weight is 221 g/mol. The zero-order valence-electron chi connectivity index (χ0n) is 7.71. The summed E-state index contributed by atoms with van der Waals surface area (Å²) in [7, 11) is 1.92. The van der Waals surface area contributed by atoms with Crippen molar-refractivity contribution >= 4 is 23.2 Å². The number of nitrogens with zero attached hydrogens (tertiary/aromatic N) is 2. The fourth-order valence-electron chi connectivity index (χ4n) is 1.17. The van der Waals surface area contributed by atoms with Crippen LogP contribution in [-0.2, 0) is 13.5 Å². The van der Waals surface area contributed by atoms with Crippen molar-refractivity contribution in [3.8, 4) is 0 Å². The van der Waals surface area contributed by atoms with Crippen LogP contribution < -0.4 is 0 Å². The number of alkyl halides is 2. The molecule has 0 unspecified atom stereocenters. The van der Waals surface area contributed by atoms with Crippen LogP contribution in [0.1, 0.15) is 12.0 Å². The molecule has 0 aliphatic carbocycles. The lowest BCUT2D eigenvalue weighted by Crippen LogP contribution is -2.05. The monoisotopic (exact) mass is 220 g/mol. The number of rotatable bonds is 5. The van der Waals surface area contributed by atoms with Crippen molar-refractivity contribution in [2.45, 2.75) is 12.8 Å². The Hall–Kier alpha value is -0.210. The molecule has 0 aliphatic rings. The van der Waals surface area contributed by atoms with Gasteiger partial charge in [0, 0.05) is 25.0 Å². The Labute approximate surface area is 88.8 Å². The van der Waals surface area contributed by atoms with E-state index in [-0.39, 0.29) is 0 Å². The van der Waals surface area contributed by atoms with E-state index in [1.54, 1.807) is 0 Å². The largest absolute Gasteiger partial charge is 0.276 e. The molecule has 0 radical (unpaired) electrons. The molecule has 0 aliphatic heterocycles. The first-order valence-corrected chi connectivity index (χ1v) is 5.42. The SMILES string of the molecule is Cn1cc(CCC(CCl)CCl)cn1. The van der Waals surface area contributed by atoms with Crippen LogP contribution >= 0.6 is 23.2 Å². The maximum absolute atomic E-state index is 5.73. The van der Waals surface area contributed by atoms with Crippen molar-refractivity contribution in [2.24, 2.45) is 13.0 Å². The highest BCUT2D eigenvalue weighted by Gasteiger charge is 2.06. The predicted octanol–water partition coefficient (Wildman–Crippen LogP) is 2.45. The van der Waals surface area contributed by atoms with E-state index in [4.69, 9.17) is 23.2 Å². The van der Waals surface area contributed by atoms with Gasteiger partial charge in [0.2, 0.25) is 0 Å². The summed E-state index contributed by atoms with van der Waals surface area (Å²) in [5, 5.41) is 4.10. The normalized spacial score (nSPS) is 11.1. The molecule has 0 amide bonds. The van der Waals surface area contributed by atoms with Gasteiger partial charge >= 0.3 is 0 Å². The van der Waals surface area contributed by atoms with Crippen LogP contribution in [0.2, 0.25) is 0 Å². The molecule has 0 atom stereocenters. The van der Waals surface area contributed by atoms with Gasteiger partial charge in [-0.2, -0.15) is 5.10 Å². The standard InChI is InChI=1S/C9H14Cl2N2/c1-13-7-9(6-12-13)3-2-8(4-10)5-11/h6-8H,2-5H2,1H3. The maximum Gasteiger partial charge on any atom is 0.0521 e. The molecule has 1 heterocycles. The highest BCUT2D eigenvalue weighted by molar-refractivity contribution is 6.20. The average Bonchev–Trinajstić information content (AvgIpc) is 2.53. The fraction of sp³-hybridized carbons (Fsp3) is 0.667. The summed E-state index contributed by atoms with van der Waals surface area (Å²) in [6.45, 7) is 0. The molecule has 0 saturated heterocycles. The number of aryl methyl sites for hydroxylation is 2. The first-order chi connectivity index (χ1) is 6.26. The van der Waals surface area contributed by atoms with Gasteiger partial charge in [-0.3, -0.25) is 4.68 Å². The van der Waals surface area contributed by atoms with Crippen molar-refractivity contribution in [3.05, 3.63) is 18.0 Å². The summed E-state index contributed by atoms with van der Waals surface area (Å²) < 4.78 is 1.81. The number of hydrogen-bond donors (Lipinski definition) is 0. The summed E-state index contributed by atoms with van der Waals surface area (Å²) >= 11 is 11.5. The van der Waals surface area contributed by atoms with Crippen LogP contribution in [0.3, 0.4) is 0 Å². The van der Waals surface area contributed by atoms with Gasteiger partial charge in [0.25, 0.3) is 0 Å². The van der Waals surface area contributed by atoms with E-state index in [1.807, 2.05) is 24.1 Å². The highest BCUT2D eigenvalue weighted by Crippen LogP contribution is 2.12. The molecule has 1 aromatic rings. The zero-order chi connectivity index (χ0) is 9.68. The van der Waals surface area contributed by atoms with Gasteiger partial charge in [0.05, 0.1) is 6.20 Å². The minimum Gasteiger partial charge on any atom is -0.276 e. The second-order valence-electron chi connectivity index (χ2n) is 3.24. The predicted molar refractivity (Wildman–Crippen MR) is 56.5 cm³/mol. The number of hydrogen-bond acceptors (Lipinski definition) is 1. The van der Waals surface area contributed by atoms with E-state index in [9.17, 15) is 0 Å². The topological polar surface area (TPSA) is 17.8 Å². The van der Waals surface area contributed by atoms with Crippen LogP contribution in [-0.4, -0.2) is 21.5 Å². The number of aromatic nitrogens is 2. The summed E-state index contributed by atoms with van der Waals surface area (Å²) in [6.07, 6.45) is 5.97. The molecule has 2 nitrogen and oxygen atoms in total. The van der Waals surface area contributed by atoms with Gasteiger partial charge in [-0.05, 0) is 24.3 Å². The van der Waals surface area contributed by atoms with Gasteiger partial charge in [-0.15, -0.1) is 23.2 Å². The molecular weight excluding hydrogens is 207 g/mol. The first-order valence-electron chi connectivity index (χ1n) is 4.35. The smallest absolute Gasteiger partial charge is 0.0521 e. The Balaban J connectivity index is 2.33. The summed E-state index contributed by atoms with van der Waals surface area (Å²) in [6, 6.07) is 0. The lowest BCUT2D eigenvalue weighted by atomic mass is 10.1. The Morgan fingerprint density at radius 2 is 2.15 bits per heavy atom. The molecule has 0 N–H and O–H groups in total. The third-order valence-electron chi connectivity index (χ3n) is 2.04. The van der Waals surface area contributed by atoms with Gasteiger partial charge in [0.15, 0.2) is 0 Å². The molecule has 0 spiro atoms. The molecule has 74 valence electrons. The second-order valence-corrected chi connectivity index (χ2v) is 3.85. The zero-order valence-corrected chi connectivity index (χ0v) is 9.22. The van der Waals surface area contributed by atoms with Crippen molar-refractivity contribution in [3.63, 3.8) is 0 Å². The molecule has 1 rings (SSSR count). The molecule has 4 heteroatoms. The summed E-state index contributed by atoms with van der Waals surface area (Å²) in [5.41, 5.74) is 1.25. The van der Waals surface area contributed by atoms with E-state index in [0.717, 1.165) is 12.8 Å². The molecule has 1 aromatic heterocycles. The second kappa shape index (κ2) is 5.51. The van der Waals surface area contributed by atoms with Gasteiger partial charge in [-0.25, -0.2) is 0 Å². The fourth-order valence-corrected chi connectivity index (χ4v) is 1.81. The number of halogens is 2. The van der Waals surface area contributed by atoms with Crippen LogP contribution in [0.15, 0.2) is 12.4 Å². The Morgan fingerprint density at radius 1 is 1.46 bits per heavy atom. The van der Waals surface area contributed by atoms with Gasteiger partial charge in [0.1, 0.15) is 0 Å². The maximum atomic E-state index is 5.73. The van der Waals surface area contributed by atoms with Crippen molar-refractivity contribution in [2.75, 3.05) is 11.8 Å². The first kappa shape index (κ1) is 10.9. The lowest BCUT2D eigenvalue weighted by molar-refractivity contribution is 0.599. The third-order valence-corrected chi connectivity index (χ3v) is 2.91. The minimum absolute atomic E-state index is 0.420. The quantitative estimate of drug-likeness (QED) is 0.698. The van der Waals surface area contributed by atoms with Gasteiger partial charge in [-0.1, -0.05) is 0 Å². The molecule has 13 heavy (non-hydrogen) atoms. The Bertz CT molecular complexity index is 244. The summed E-state index contributed by atoms with van der Waals surface area (Å²) in [5.74, 6) is 1.71. The van der Waals surface area contributed by atoms with Crippen LogP contribution in [0, 0.1) is 5.92 Å². The summed E-state index contributed by atoms with van der Waals surface area (Å²) in [4.78, 5) is 0. The Kier molecular flexibility index (Phi) is 4.60. The van der Waals surface area contributed by atoms with Crippen molar-refractivity contribution in [1.82, 2.24) is 9.78 Å². The molecule has 0 fully saturated rings. The molecule has 0 saturated carbocycles. The van der Waals surface area contributed by atoms with Crippen LogP contribution in [0.5, 0.6) is 0 Å². The highest BCUT2D eigenvalue weighted by atomic mass is 35.5. The van der Waals surface area contributed by atoms with E-state index in [2.05, 4.69) is 5.10 Å². The van der Waals surface area contributed by atoms with Gasteiger partial charge < -0.3 is 0 Å². The van der Waals surface area contributed by atoms with E-state index in [0.29, 0.717) is 17.7 Å². The van der Waals surface area contributed by atoms with E-state index in [1.165, 1.54) is 5.56 Å². The minimum atomic E-state index is 0.420. The van der Waals surface area contributed by atoms with E-state index >= 15 is 0 Å². The molecular formula is C9H14Cl2N2. The molecule has 0 bridgehead atoms. The van der Waals surface area contributed by atoms with Crippen LogP contribution in [0.4, 0.5) is 0 Å². The van der Waals surface area contributed by atoms with E-state index < -0.39 is 0 Å². The molecule has 0 aromatic carbocycles. The van der Waals surface area contributed by atoms with Crippen molar-refractivity contribution < 1.29 is 0 Å². The van der Waals surface area contributed by atoms with Crippen LogP contribution in [0.25, 0.3) is 0 Å². The Morgan fingerprint density at radius 3 is 2.62 bits per heavy atom. The van der Waals surface area contributed by atoms with Crippen molar-refractivity contribution in [1.29, 1.82) is 0 Å². The lowest BCUT2D eigenvalue weighted by Gasteiger charge is -2.07. The third kappa shape index (κ3) is 3.57.